The molecule has 3 rings (SSSR count). The van der Waals surface area contributed by atoms with Crippen molar-refractivity contribution >= 4 is 0 Å². The molecule has 21 heavy (non-hydrogen) atoms. The van der Waals surface area contributed by atoms with Crippen molar-refractivity contribution in [3.63, 3.8) is 0 Å². The van der Waals surface area contributed by atoms with E-state index in [1.165, 1.54) is 32.1 Å². The highest BCUT2D eigenvalue weighted by Crippen LogP contribution is 2.32. The Labute approximate surface area is 127 Å². The van der Waals surface area contributed by atoms with Crippen molar-refractivity contribution in [3.05, 3.63) is 35.1 Å². The molecule has 0 heterocycles. The molecular formula is C18H26FNO. The molecule has 3 heteroatoms. The summed E-state index contributed by atoms with van der Waals surface area (Å²) in [5.41, 5.74) is 2.07. The molecule has 2 aliphatic carbocycles. The van der Waals surface area contributed by atoms with E-state index in [1.54, 1.807) is 6.07 Å². The fraction of sp³-hybridized carbons (Fsp3) is 0.667. The van der Waals surface area contributed by atoms with Crippen molar-refractivity contribution in [3.8, 4) is 0 Å². The molecule has 1 aromatic rings. The van der Waals surface area contributed by atoms with Gasteiger partial charge in [0.15, 0.2) is 0 Å². The first kappa shape index (κ1) is 15.0. The minimum atomic E-state index is -0.0440. The zero-order valence-corrected chi connectivity index (χ0v) is 12.7. The molecule has 1 atom stereocenters. The van der Waals surface area contributed by atoms with Gasteiger partial charge in [0.2, 0.25) is 0 Å². The van der Waals surface area contributed by atoms with E-state index in [4.69, 9.17) is 4.74 Å². The van der Waals surface area contributed by atoms with Gasteiger partial charge in [-0.2, -0.15) is 0 Å². The highest BCUT2D eigenvalue weighted by Gasteiger charge is 2.24. The van der Waals surface area contributed by atoms with Gasteiger partial charge < -0.3 is 10.1 Å². The van der Waals surface area contributed by atoms with E-state index in [-0.39, 0.29) is 5.82 Å². The van der Waals surface area contributed by atoms with Gasteiger partial charge >= 0.3 is 0 Å². The zero-order valence-electron chi connectivity index (χ0n) is 12.7. The molecule has 1 aromatic carbocycles. The third-order valence-corrected chi connectivity index (χ3v) is 4.83. The zero-order chi connectivity index (χ0) is 14.5. The Morgan fingerprint density at radius 2 is 2.00 bits per heavy atom. The van der Waals surface area contributed by atoms with Crippen molar-refractivity contribution in [1.29, 1.82) is 0 Å². The maximum absolute atomic E-state index is 13.7. The number of hydrogen-bond acceptors (Lipinski definition) is 2. The Balaban J connectivity index is 1.36. The molecule has 0 radical (unpaired) electrons. The lowest BCUT2D eigenvalue weighted by Gasteiger charge is -2.22. The van der Waals surface area contributed by atoms with Crippen molar-refractivity contribution < 1.29 is 9.13 Å². The Bertz CT molecular complexity index is 457. The molecule has 0 aliphatic heterocycles. The summed E-state index contributed by atoms with van der Waals surface area (Å²) in [5.74, 6) is -0.0440. The van der Waals surface area contributed by atoms with Crippen molar-refractivity contribution in [2.24, 2.45) is 0 Å². The quantitative estimate of drug-likeness (QED) is 0.795. The second kappa shape index (κ2) is 7.37. The van der Waals surface area contributed by atoms with E-state index >= 15 is 0 Å². The summed E-state index contributed by atoms with van der Waals surface area (Å²) in [6.07, 6.45) is 9.92. The lowest BCUT2D eigenvalue weighted by Crippen LogP contribution is -2.23. The van der Waals surface area contributed by atoms with Crippen LogP contribution in [-0.2, 0) is 11.2 Å². The first-order valence-electron chi connectivity index (χ1n) is 8.47. The van der Waals surface area contributed by atoms with Gasteiger partial charge in [0.25, 0.3) is 0 Å². The number of benzene rings is 1. The van der Waals surface area contributed by atoms with Crippen LogP contribution in [-0.4, -0.2) is 19.3 Å². The Kier molecular flexibility index (Phi) is 5.26. The Hall–Kier alpha value is -0.930. The van der Waals surface area contributed by atoms with Crippen LogP contribution in [0.25, 0.3) is 0 Å². The van der Waals surface area contributed by atoms with Crippen LogP contribution < -0.4 is 5.32 Å². The van der Waals surface area contributed by atoms with Gasteiger partial charge in [-0.15, -0.1) is 0 Å². The SMILES string of the molecule is Fc1cccc2c1CCC2NCCCOC1CCCCC1. The van der Waals surface area contributed by atoms with Gasteiger partial charge in [-0.3, -0.25) is 0 Å². The molecule has 1 saturated carbocycles. The molecule has 0 saturated heterocycles. The van der Waals surface area contributed by atoms with Crippen LogP contribution in [0.3, 0.4) is 0 Å². The molecule has 116 valence electrons. The third-order valence-electron chi connectivity index (χ3n) is 4.83. The molecule has 0 spiro atoms. The fourth-order valence-electron chi connectivity index (χ4n) is 3.65. The summed E-state index contributed by atoms with van der Waals surface area (Å²) in [4.78, 5) is 0. The topological polar surface area (TPSA) is 21.3 Å². The van der Waals surface area contributed by atoms with Gasteiger partial charge in [-0.05, 0) is 55.8 Å². The minimum absolute atomic E-state index is 0.0440. The molecule has 1 unspecified atom stereocenters. The minimum Gasteiger partial charge on any atom is -0.378 e. The first-order chi connectivity index (χ1) is 10.3. The summed E-state index contributed by atoms with van der Waals surface area (Å²) in [6, 6.07) is 5.77. The van der Waals surface area contributed by atoms with Gasteiger partial charge in [-0.1, -0.05) is 31.4 Å². The van der Waals surface area contributed by atoms with E-state index in [9.17, 15) is 4.39 Å². The first-order valence-corrected chi connectivity index (χ1v) is 8.47. The second-order valence-electron chi connectivity index (χ2n) is 6.34. The maximum atomic E-state index is 13.7. The van der Waals surface area contributed by atoms with Crippen LogP contribution in [0.5, 0.6) is 0 Å². The number of ether oxygens (including phenoxy) is 1. The van der Waals surface area contributed by atoms with E-state index < -0.39 is 0 Å². The molecular weight excluding hydrogens is 265 g/mol. The van der Waals surface area contributed by atoms with E-state index in [0.29, 0.717) is 12.1 Å². The Morgan fingerprint density at radius 3 is 2.86 bits per heavy atom. The van der Waals surface area contributed by atoms with Gasteiger partial charge in [0.05, 0.1) is 6.10 Å². The van der Waals surface area contributed by atoms with Gasteiger partial charge in [0.1, 0.15) is 5.82 Å². The van der Waals surface area contributed by atoms with Gasteiger partial charge in [-0.25, -0.2) is 4.39 Å². The largest absolute Gasteiger partial charge is 0.378 e. The molecule has 2 nitrogen and oxygen atoms in total. The predicted molar refractivity (Wildman–Crippen MR) is 82.9 cm³/mol. The third kappa shape index (κ3) is 3.83. The van der Waals surface area contributed by atoms with Crippen LogP contribution in [0, 0.1) is 5.82 Å². The summed E-state index contributed by atoms with van der Waals surface area (Å²) < 4.78 is 19.6. The van der Waals surface area contributed by atoms with Crippen molar-refractivity contribution in [2.75, 3.05) is 13.2 Å². The average molecular weight is 291 g/mol. The monoisotopic (exact) mass is 291 g/mol. The summed E-state index contributed by atoms with van der Waals surface area (Å²) >= 11 is 0. The molecule has 1 fully saturated rings. The maximum Gasteiger partial charge on any atom is 0.126 e. The number of rotatable bonds is 6. The van der Waals surface area contributed by atoms with Crippen LogP contribution in [0.2, 0.25) is 0 Å². The highest BCUT2D eigenvalue weighted by molar-refractivity contribution is 5.35. The molecule has 2 aliphatic rings. The van der Waals surface area contributed by atoms with Crippen LogP contribution in [0.1, 0.15) is 62.1 Å². The van der Waals surface area contributed by atoms with Crippen LogP contribution >= 0.6 is 0 Å². The van der Waals surface area contributed by atoms with E-state index in [0.717, 1.165) is 43.5 Å². The lowest BCUT2D eigenvalue weighted by molar-refractivity contribution is 0.0271. The van der Waals surface area contributed by atoms with Crippen LogP contribution in [0.15, 0.2) is 18.2 Å². The number of nitrogens with one attached hydrogen (secondary N) is 1. The fourth-order valence-corrected chi connectivity index (χ4v) is 3.65. The van der Waals surface area contributed by atoms with Crippen molar-refractivity contribution in [1.82, 2.24) is 5.32 Å². The molecule has 0 amide bonds. The molecule has 0 bridgehead atoms. The van der Waals surface area contributed by atoms with Crippen molar-refractivity contribution in [2.45, 2.75) is 63.5 Å². The number of fused-ring (bicyclic) bond motifs is 1. The standard InChI is InChI=1S/C18H26FNO/c19-17-9-4-8-16-15(17)10-11-18(16)20-12-5-13-21-14-6-2-1-3-7-14/h4,8-9,14,18,20H,1-3,5-7,10-13H2. The van der Waals surface area contributed by atoms with E-state index in [2.05, 4.69) is 11.4 Å². The summed E-state index contributed by atoms with van der Waals surface area (Å²) in [7, 11) is 0. The number of halogens is 1. The summed E-state index contributed by atoms with van der Waals surface area (Å²) in [5, 5.41) is 3.56. The predicted octanol–water partition coefficient (Wildman–Crippen LogP) is 4.14. The van der Waals surface area contributed by atoms with Crippen LogP contribution in [0.4, 0.5) is 4.39 Å². The average Bonchev–Trinajstić information content (AvgIpc) is 2.93. The molecule has 1 N–H and O–H groups in total. The van der Waals surface area contributed by atoms with E-state index in [1.807, 2.05) is 6.07 Å². The normalized spacial score (nSPS) is 22.4. The highest BCUT2D eigenvalue weighted by atomic mass is 19.1. The van der Waals surface area contributed by atoms with Gasteiger partial charge in [0, 0.05) is 12.6 Å². The number of hydrogen-bond donors (Lipinski definition) is 1. The lowest BCUT2D eigenvalue weighted by atomic mass is 9.98. The summed E-state index contributed by atoms with van der Waals surface area (Å²) in [6.45, 7) is 1.80. The molecule has 0 aromatic heterocycles. The smallest absolute Gasteiger partial charge is 0.126 e. The Morgan fingerprint density at radius 1 is 1.14 bits per heavy atom. The second-order valence-corrected chi connectivity index (χ2v) is 6.34.